The van der Waals surface area contributed by atoms with Crippen molar-refractivity contribution in [3.05, 3.63) is 16.0 Å². The van der Waals surface area contributed by atoms with E-state index >= 15 is 0 Å². The number of fused-ring (bicyclic) bond motifs is 1. The smallest absolute Gasteiger partial charge is 0.341 e. The molecule has 25 heavy (non-hydrogen) atoms. The van der Waals surface area contributed by atoms with E-state index in [-0.39, 0.29) is 23.9 Å². The summed E-state index contributed by atoms with van der Waals surface area (Å²) in [5, 5.41) is 3.81. The number of ether oxygens (including phenoxy) is 1. The third kappa shape index (κ3) is 4.43. The summed E-state index contributed by atoms with van der Waals surface area (Å²) in [6.07, 6.45) is 10.6. The van der Waals surface area contributed by atoms with Crippen LogP contribution in [0.15, 0.2) is 0 Å². The average Bonchev–Trinajstić information content (AvgIpc) is 2.76. The van der Waals surface area contributed by atoms with Crippen LogP contribution in [0, 0.1) is 5.92 Å². The fourth-order valence-electron chi connectivity index (χ4n) is 3.90. The number of nitrogens with one attached hydrogen (secondary N) is 1. The first-order valence-corrected chi connectivity index (χ1v) is 10.5. The summed E-state index contributed by atoms with van der Waals surface area (Å²) in [6.45, 7) is 3.73. The minimum atomic E-state index is -0.284. The van der Waals surface area contributed by atoms with Crippen LogP contribution in [-0.4, -0.2) is 18.0 Å². The highest BCUT2D eigenvalue weighted by Gasteiger charge is 2.29. The van der Waals surface area contributed by atoms with E-state index in [1.54, 1.807) is 11.3 Å². The van der Waals surface area contributed by atoms with E-state index in [1.807, 2.05) is 13.8 Å². The molecule has 0 aliphatic heterocycles. The lowest BCUT2D eigenvalue weighted by molar-refractivity contribution is -0.120. The Morgan fingerprint density at radius 2 is 1.72 bits per heavy atom. The van der Waals surface area contributed by atoms with Gasteiger partial charge in [-0.1, -0.05) is 25.7 Å². The van der Waals surface area contributed by atoms with Crippen LogP contribution in [0.5, 0.6) is 0 Å². The number of carbonyl (C=O) groups is 2. The maximum Gasteiger partial charge on any atom is 0.341 e. The van der Waals surface area contributed by atoms with Crippen molar-refractivity contribution in [2.75, 3.05) is 5.32 Å². The number of anilines is 1. The largest absolute Gasteiger partial charge is 0.459 e. The third-order valence-electron chi connectivity index (χ3n) is 5.18. The highest BCUT2D eigenvalue weighted by atomic mass is 32.1. The molecule has 0 unspecified atom stereocenters. The maximum absolute atomic E-state index is 12.7. The zero-order valence-corrected chi connectivity index (χ0v) is 16.2. The zero-order valence-electron chi connectivity index (χ0n) is 15.4. The van der Waals surface area contributed by atoms with Crippen molar-refractivity contribution < 1.29 is 14.3 Å². The van der Waals surface area contributed by atoms with Gasteiger partial charge in [0.2, 0.25) is 5.91 Å². The Labute approximate surface area is 154 Å². The SMILES string of the molecule is CC(C)OC(=O)c1c(NC(=O)C2CCCCC2)sc2c1CCCCC2. The van der Waals surface area contributed by atoms with Crippen LogP contribution < -0.4 is 5.32 Å². The molecule has 2 aliphatic rings. The topological polar surface area (TPSA) is 55.4 Å². The minimum absolute atomic E-state index is 0.0784. The predicted molar refractivity (Wildman–Crippen MR) is 101 cm³/mol. The van der Waals surface area contributed by atoms with Crippen LogP contribution in [0.2, 0.25) is 0 Å². The van der Waals surface area contributed by atoms with Gasteiger partial charge >= 0.3 is 5.97 Å². The second-order valence-corrected chi connectivity index (χ2v) is 8.65. The fourth-order valence-corrected chi connectivity index (χ4v) is 5.18. The molecule has 1 amide bonds. The molecular formula is C20H29NO3S. The monoisotopic (exact) mass is 363 g/mol. The maximum atomic E-state index is 12.7. The van der Waals surface area contributed by atoms with Crippen LogP contribution in [0.4, 0.5) is 5.00 Å². The van der Waals surface area contributed by atoms with Crippen molar-refractivity contribution in [1.82, 2.24) is 0 Å². The molecular weight excluding hydrogens is 334 g/mol. The molecule has 1 fully saturated rings. The third-order valence-corrected chi connectivity index (χ3v) is 6.39. The molecule has 1 N–H and O–H groups in total. The first-order valence-electron chi connectivity index (χ1n) is 9.72. The van der Waals surface area contributed by atoms with Crippen molar-refractivity contribution in [2.45, 2.75) is 84.2 Å². The Morgan fingerprint density at radius 3 is 2.44 bits per heavy atom. The lowest BCUT2D eigenvalue weighted by Gasteiger charge is -2.20. The van der Waals surface area contributed by atoms with Crippen LogP contribution in [0.25, 0.3) is 0 Å². The molecule has 0 bridgehead atoms. The van der Waals surface area contributed by atoms with Crippen LogP contribution in [-0.2, 0) is 22.4 Å². The summed E-state index contributed by atoms with van der Waals surface area (Å²) in [4.78, 5) is 26.7. The van der Waals surface area contributed by atoms with E-state index in [1.165, 1.54) is 17.7 Å². The molecule has 2 aliphatic carbocycles. The van der Waals surface area contributed by atoms with Crippen molar-refractivity contribution in [3.63, 3.8) is 0 Å². The van der Waals surface area contributed by atoms with E-state index in [9.17, 15) is 9.59 Å². The summed E-state index contributed by atoms with van der Waals surface area (Å²) in [6, 6.07) is 0. The number of thiophene rings is 1. The summed E-state index contributed by atoms with van der Waals surface area (Å²) in [5.74, 6) is -0.118. The molecule has 0 radical (unpaired) electrons. The van der Waals surface area contributed by atoms with Gasteiger partial charge in [-0.05, 0) is 57.9 Å². The molecule has 1 saturated carbocycles. The zero-order chi connectivity index (χ0) is 17.8. The van der Waals surface area contributed by atoms with Crippen molar-refractivity contribution in [2.24, 2.45) is 5.92 Å². The van der Waals surface area contributed by atoms with E-state index in [2.05, 4.69) is 5.32 Å². The van der Waals surface area contributed by atoms with E-state index in [0.29, 0.717) is 10.6 Å². The number of rotatable bonds is 4. The number of hydrogen-bond donors (Lipinski definition) is 1. The van der Waals surface area contributed by atoms with Gasteiger partial charge in [-0.15, -0.1) is 11.3 Å². The van der Waals surface area contributed by atoms with Crippen molar-refractivity contribution >= 4 is 28.2 Å². The molecule has 1 aromatic heterocycles. The molecule has 5 heteroatoms. The van der Waals surface area contributed by atoms with Gasteiger partial charge in [-0.3, -0.25) is 4.79 Å². The highest BCUT2D eigenvalue weighted by Crippen LogP contribution is 2.39. The lowest BCUT2D eigenvalue weighted by atomic mass is 9.88. The molecule has 1 heterocycles. The Hall–Kier alpha value is -1.36. The lowest BCUT2D eigenvalue weighted by Crippen LogP contribution is -2.25. The number of hydrogen-bond acceptors (Lipinski definition) is 4. The quantitative estimate of drug-likeness (QED) is 0.598. The molecule has 0 saturated heterocycles. The Kier molecular flexibility index (Phi) is 6.15. The van der Waals surface area contributed by atoms with Gasteiger partial charge in [0.15, 0.2) is 0 Å². The highest BCUT2D eigenvalue weighted by molar-refractivity contribution is 7.17. The normalized spacial score (nSPS) is 18.5. The van der Waals surface area contributed by atoms with Gasteiger partial charge in [0.1, 0.15) is 5.00 Å². The Bertz CT molecular complexity index is 629. The van der Waals surface area contributed by atoms with E-state index in [4.69, 9.17) is 4.74 Å². The van der Waals surface area contributed by atoms with Gasteiger partial charge < -0.3 is 10.1 Å². The molecule has 1 aromatic rings. The Morgan fingerprint density at radius 1 is 1.04 bits per heavy atom. The second kappa shape index (κ2) is 8.35. The second-order valence-electron chi connectivity index (χ2n) is 7.55. The van der Waals surface area contributed by atoms with Crippen molar-refractivity contribution in [1.29, 1.82) is 0 Å². The van der Waals surface area contributed by atoms with E-state index < -0.39 is 0 Å². The van der Waals surface area contributed by atoms with Gasteiger partial charge in [0, 0.05) is 10.8 Å². The molecule has 0 atom stereocenters. The molecule has 138 valence electrons. The summed E-state index contributed by atoms with van der Waals surface area (Å²) in [7, 11) is 0. The fraction of sp³-hybridized carbons (Fsp3) is 0.700. The predicted octanol–water partition coefficient (Wildman–Crippen LogP) is 5.10. The van der Waals surface area contributed by atoms with Crippen LogP contribution in [0.1, 0.15) is 86.0 Å². The molecule has 0 aromatic carbocycles. The minimum Gasteiger partial charge on any atom is -0.459 e. The summed E-state index contributed by atoms with van der Waals surface area (Å²) in [5.41, 5.74) is 1.74. The van der Waals surface area contributed by atoms with Gasteiger partial charge in [-0.25, -0.2) is 4.79 Å². The number of aryl methyl sites for hydroxylation is 1. The number of carbonyl (C=O) groups excluding carboxylic acids is 2. The van der Waals surface area contributed by atoms with Crippen LogP contribution >= 0.6 is 11.3 Å². The van der Waals surface area contributed by atoms with Gasteiger partial charge in [0.05, 0.1) is 11.7 Å². The standard InChI is InChI=1S/C20H29NO3S/c1-13(2)24-20(23)17-15-11-7-4-8-12-16(15)25-19(17)21-18(22)14-9-5-3-6-10-14/h13-14H,3-12H2,1-2H3,(H,21,22). The van der Waals surface area contributed by atoms with Crippen molar-refractivity contribution in [3.8, 4) is 0 Å². The van der Waals surface area contributed by atoms with Crippen LogP contribution in [0.3, 0.4) is 0 Å². The summed E-state index contributed by atoms with van der Waals surface area (Å²) < 4.78 is 5.49. The number of esters is 1. The average molecular weight is 364 g/mol. The number of amides is 1. The first-order chi connectivity index (χ1) is 12.1. The van der Waals surface area contributed by atoms with Gasteiger partial charge in [0.25, 0.3) is 0 Å². The van der Waals surface area contributed by atoms with E-state index in [0.717, 1.165) is 56.9 Å². The Balaban J connectivity index is 1.86. The first kappa shape index (κ1) is 18.4. The molecule has 0 spiro atoms. The summed E-state index contributed by atoms with van der Waals surface area (Å²) >= 11 is 1.59. The molecule has 4 nitrogen and oxygen atoms in total. The van der Waals surface area contributed by atoms with Gasteiger partial charge in [-0.2, -0.15) is 0 Å². The molecule has 3 rings (SSSR count).